The van der Waals surface area contributed by atoms with Crippen LogP contribution in [0.15, 0.2) is 23.0 Å². The summed E-state index contributed by atoms with van der Waals surface area (Å²) in [5.41, 5.74) is -0.0661. The van der Waals surface area contributed by atoms with Crippen LogP contribution in [0.5, 0.6) is 0 Å². The lowest BCUT2D eigenvalue weighted by Gasteiger charge is -2.14. The Hall–Kier alpha value is -1.62. The van der Waals surface area contributed by atoms with Crippen molar-refractivity contribution in [3.8, 4) is 0 Å². The molecule has 1 atom stereocenters. The van der Waals surface area contributed by atoms with E-state index in [1.54, 1.807) is 6.07 Å². The first kappa shape index (κ1) is 13.4. The molecule has 0 radical (unpaired) electrons. The van der Waals surface area contributed by atoms with E-state index >= 15 is 0 Å². The van der Waals surface area contributed by atoms with E-state index < -0.39 is 0 Å². The van der Waals surface area contributed by atoms with Gasteiger partial charge in [0, 0.05) is 34.2 Å². The molecule has 0 amide bonds. The summed E-state index contributed by atoms with van der Waals surface area (Å²) in [4.78, 5) is 21.7. The number of aryl methyl sites for hydroxylation is 1. The summed E-state index contributed by atoms with van der Waals surface area (Å²) in [6.07, 6.45) is 3.22. The Kier molecular flexibility index (Phi) is 3.61. The molecule has 2 aromatic rings. The monoisotopic (exact) mass is 289 g/mol. The fourth-order valence-electron chi connectivity index (χ4n) is 2.30. The Morgan fingerprint density at radius 3 is 2.95 bits per heavy atom. The molecule has 5 heteroatoms. The highest BCUT2D eigenvalue weighted by molar-refractivity contribution is 7.11. The van der Waals surface area contributed by atoms with E-state index in [-0.39, 0.29) is 11.6 Å². The van der Waals surface area contributed by atoms with Crippen LogP contribution in [0.25, 0.3) is 0 Å². The van der Waals surface area contributed by atoms with Gasteiger partial charge in [0.1, 0.15) is 11.6 Å². The van der Waals surface area contributed by atoms with Gasteiger partial charge in [0.15, 0.2) is 0 Å². The molecule has 1 saturated carbocycles. The van der Waals surface area contributed by atoms with Crippen LogP contribution in [0.4, 0.5) is 5.82 Å². The van der Waals surface area contributed by atoms with Gasteiger partial charge in [0.05, 0.1) is 0 Å². The minimum atomic E-state index is -0.0661. The minimum absolute atomic E-state index is 0.0661. The number of thiophene rings is 1. The Balaban J connectivity index is 1.68. The van der Waals surface area contributed by atoms with Crippen LogP contribution in [0, 0.1) is 6.92 Å². The maximum absolute atomic E-state index is 11.7. The number of H-pyrrole nitrogens is 1. The largest absolute Gasteiger partial charge is 0.367 e. The van der Waals surface area contributed by atoms with Crippen molar-refractivity contribution in [2.24, 2.45) is 0 Å². The average Bonchev–Trinajstić information content (AvgIpc) is 3.13. The number of nitrogens with zero attached hydrogens (tertiary/aromatic N) is 1. The SMILES string of the molecule is Cc1ccc(CC(C)Nc2cc(=O)[nH]c(C3CC3)n2)s1. The van der Waals surface area contributed by atoms with Gasteiger partial charge >= 0.3 is 0 Å². The van der Waals surface area contributed by atoms with E-state index in [1.165, 1.54) is 9.75 Å². The third kappa shape index (κ3) is 3.28. The normalized spacial score (nSPS) is 16.1. The van der Waals surface area contributed by atoms with Gasteiger partial charge in [-0.1, -0.05) is 0 Å². The molecule has 3 rings (SSSR count). The van der Waals surface area contributed by atoms with Crippen molar-refractivity contribution in [1.29, 1.82) is 0 Å². The summed E-state index contributed by atoms with van der Waals surface area (Å²) < 4.78 is 0. The van der Waals surface area contributed by atoms with Gasteiger partial charge in [-0.25, -0.2) is 4.98 Å². The summed E-state index contributed by atoms with van der Waals surface area (Å²) in [5.74, 6) is 1.98. The van der Waals surface area contributed by atoms with Crippen molar-refractivity contribution >= 4 is 17.2 Å². The van der Waals surface area contributed by atoms with Crippen LogP contribution in [0.2, 0.25) is 0 Å². The molecule has 2 aromatic heterocycles. The first-order valence-corrected chi connectivity index (χ1v) is 7.85. The Morgan fingerprint density at radius 2 is 2.30 bits per heavy atom. The second-order valence-corrected chi connectivity index (χ2v) is 6.92. The number of nitrogens with one attached hydrogen (secondary N) is 2. The summed E-state index contributed by atoms with van der Waals surface area (Å²) in [7, 11) is 0. The highest BCUT2D eigenvalue weighted by Gasteiger charge is 2.26. The standard InChI is InChI=1S/C15H19N3OS/c1-9(7-12-6-3-10(2)20-12)16-13-8-14(19)18-15(17-13)11-4-5-11/h3,6,8-9,11H,4-5,7H2,1-2H3,(H2,16,17,18,19). The van der Waals surface area contributed by atoms with Crippen molar-refractivity contribution in [2.75, 3.05) is 5.32 Å². The third-order valence-electron chi connectivity index (χ3n) is 3.42. The number of rotatable bonds is 5. The van der Waals surface area contributed by atoms with E-state index in [2.05, 4.69) is 41.3 Å². The summed E-state index contributed by atoms with van der Waals surface area (Å²) in [6, 6.07) is 6.11. The van der Waals surface area contributed by atoms with E-state index in [1.807, 2.05) is 11.3 Å². The molecule has 1 aliphatic rings. The fraction of sp³-hybridized carbons (Fsp3) is 0.467. The first-order valence-electron chi connectivity index (χ1n) is 7.03. The third-order valence-corrected chi connectivity index (χ3v) is 4.44. The Labute approximate surface area is 122 Å². The van der Waals surface area contributed by atoms with Gasteiger partial charge < -0.3 is 10.3 Å². The number of hydrogen-bond donors (Lipinski definition) is 2. The zero-order valence-electron chi connectivity index (χ0n) is 11.8. The second kappa shape index (κ2) is 5.40. The van der Waals surface area contributed by atoms with Crippen molar-refractivity contribution in [1.82, 2.24) is 9.97 Å². The van der Waals surface area contributed by atoms with Crippen LogP contribution >= 0.6 is 11.3 Å². The quantitative estimate of drug-likeness (QED) is 0.889. The van der Waals surface area contributed by atoms with Gasteiger partial charge in [0.25, 0.3) is 5.56 Å². The average molecular weight is 289 g/mol. The van der Waals surface area contributed by atoms with Crippen LogP contribution < -0.4 is 10.9 Å². The molecule has 1 aliphatic carbocycles. The molecule has 1 unspecified atom stereocenters. The van der Waals surface area contributed by atoms with Gasteiger partial charge in [0.2, 0.25) is 0 Å². The molecule has 2 N–H and O–H groups in total. The second-order valence-electron chi connectivity index (χ2n) is 5.55. The van der Waals surface area contributed by atoms with E-state index in [0.29, 0.717) is 11.7 Å². The minimum Gasteiger partial charge on any atom is -0.367 e. The highest BCUT2D eigenvalue weighted by atomic mass is 32.1. The maximum atomic E-state index is 11.7. The van der Waals surface area contributed by atoms with Gasteiger partial charge in [-0.3, -0.25) is 4.79 Å². The summed E-state index contributed by atoms with van der Waals surface area (Å²) in [6.45, 7) is 4.24. The maximum Gasteiger partial charge on any atom is 0.252 e. The number of anilines is 1. The molecule has 0 aliphatic heterocycles. The summed E-state index contributed by atoms with van der Waals surface area (Å²) in [5, 5.41) is 3.34. The smallest absolute Gasteiger partial charge is 0.252 e. The molecule has 2 heterocycles. The molecule has 0 spiro atoms. The molecule has 106 valence electrons. The zero-order valence-corrected chi connectivity index (χ0v) is 12.6. The topological polar surface area (TPSA) is 57.8 Å². The van der Waals surface area contributed by atoms with E-state index in [9.17, 15) is 4.79 Å². The Bertz CT molecular complexity index is 657. The van der Waals surface area contributed by atoms with Crippen LogP contribution in [-0.4, -0.2) is 16.0 Å². The zero-order chi connectivity index (χ0) is 14.1. The van der Waals surface area contributed by atoms with Gasteiger partial charge in [-0.05, 0) is 38.8 Å². The molecular formula is C15H19N3OS. The van der Waals surface area contributed by atoms with Crippen LogP contribution in [-0.2, 0) is 6.42 Å². The lowest BCUT2D eigenvalue weighted by Crippen LogP contribution is -2.21. The molecular weight excluding hydrogens is 270 g/mol. The predicted molar refractivity (Wildman–Crippen MR) is 82.7 cm³/mol. The first-order chi connectivity index (χ1) is 9.60. The van der Waals surface area contributed by atoms with E-state index in [0.717, 1.165) is 25.1 Å². The molecule has 20 heavy (non-hydrogen) atoms. The molecule has 0 saturated heterocycles. The van der Waals surface area contributed by atoms with Crippen molar-refractivity contribution in [3.63, 3.8) is 0 Å². The fourth-order valence-corrected chi connectivity index (χ4v) is 3.32. The van der Waals surface area contributed by atoms with Crippen LogP contribution in [0.1, 0.15) is 41.3 Å². The number of hydrogen-bond acceptors (Lipinski definition) is 4. The van der Waals surface area contributed by atoms with Gasteiger partial charge in [-0.2, -0.15) is 0 Å². The molecule has 0 aromatic carbocycles. The Morgan fingerprint density at radius 1 is 1.50 bits per heavy atom. The molecule has 0 bridgehead atoms. The van der Waals surface area contributed by atoms with Crippen molar-refractivity contribution < 1.29 is 0 Å². The van der Waals surface area contributed by atoms with Crippen LogP contribution in [0.3, 0.4) is 0 Å². The molecule has 1 fully saturated rings. The van der Waals surface area contributed by atoms with Crippen molar-refractivity contribution in [3.05, 3.63) is 44.1 Å². The highest BCUT2D eigenvalue weighted by Crippen LogP contribution is 2.37. The predicted octanol–water partition coefficient (Wildman–Crippen LogP) is 3.06. The molecule has 4 nitrogen and oxygen atoms in total. The van der Waals surface area contributed by atoms with Gasteiger partial charge in [-0.15, -0.1) is 11.3 Å². The van der Waals surface area contributed by atoms with Crippen molar-refractivity contribution in [2.45, 2.75) is 45.1 Å². The van der Waals surface area contributed by atoms with E-state index in [4.69, 9.17) is 0 Å². The lowest BCUT2D eigenvalue weighted by atomic mass is 10.2. The lowest BCUT2D eigenvalue weighted by molar-refractivity contribution is 0.786. The summed E-state index contributed by atoms with van der Waals surface area (Å²) >= 11 is 1.82. The number of aromatic nitrogens is 2. The number of aromatic amines is 1.